The van der Waals surface area contributed by atoms with Gasteiger partial charge in [-0.25, -0.2) is 0 Å². The zero-order valence-electron chi connectivity index (χ0n) is 11.6. The van der Waals surface area contributed by atoms with Crippen molar-refractivity contribution in [1.29, 1.82) is 0 Å². The summed E-state index contributed by atoms with van der Waals surface area (Å²) in [6.07, 6.45) is -1.58. The van der Waals surface area contributed by atoms with Crippen molar-refractivity contribution in [3.05, 3.63) is 35.4 Å². The zero-order valence-corrected chi connectivity index (χ0v) is 11.6. The van der Waals surface area contributed by atoms with Crippen LogP contribution in [0, 0.1) is 0 Å². The topological polar surface area (TPSA) is 40.5 Å². The number of hydrogen-bond donors (Lipinski definition) is 1. The number of rotatable bonds is 4. The highest BCUT2D eigenvalue weighted by Crippen LogP contribution is 2.33. The van der Waals surface area contributed by atoms with E-state index in [9.17, 15) is 18.0 Å². The first-order valence-electron chi connectivity index (χ1n) is 6.99. The van der Waals surface area contributed by atoms with E-state index in [2.05, 4.69) is 0 Å². The van der Waals surface area contributed by atoms with E-state index in [-0.39, 0.29) is 24.6 Å². The van der Waals surface area contributed by atoms with Gasteiger partial charge in [-0.05, 0) is 37.4 Å². The SMILES string of the molecule is O=C(O)CN1CCCCC1Cc1ccccc1C(F)(F)F. The van der Waals surface area contributed by atoms with E-state index in [4.69, 9.17) is 5.11 Å². The van der Waals surface area contributed by atoms with Gasteiger partial charge in [-0.15, -0.1) is 0 Å². The standard InChI is InChI=1S/C15H18F3NO2/c16-15(17,18)13-7-2-1-5-11(13)9-12-6-3-4-8-19(12)10-14(20)21/h1-2,5,7,12H,3-4,6,8-10H2,(H,20,21). The molecule has 0 aliphatic carbocycles. The lowest BCUT2D eigenvalue weighted by Gasteiger charge is -2.35. The maximum Gasteiger partial charge on any atom is 0.416 e. The first kappa shape index (κ1) is 15.8. The minimum Gasteiger partial charge on any atom is -0.480 e. The van der Waals surface area contributed by atoms with Gasteiger partial charge in [-0.1, -0.05) is 24.6 Å². The Bertz CT molecular complexity index is 502. The summed E-state index contributed by atoms with van der Waals surface area (Å²) >= 11 is 0. The molecule has 0 amide bonds. The Morgan fingerprint density at radius 3 is 2.67 bits per heavy atom. The van der Waals surface area contributed by atoms with Crippen LogP contribution in [0.1, 0.15) is 30.4 Å². The number of carboxylic acids is 1. The lowest BCUT2D eigenvalue weighted by Crippen LogP contribution is -2.43. The van der Waals surface area contributed by atoms with Crippen molar-refractivity contribution < 1.29 is 23.1 Å². The molecule has 0 radical (unpaired) electrons. The summed E-state index contributed by atoms with van der Waals surface area (Å²) in [6, 6.07) is 5.39. The maximum atomic E-state index is 13.0. The molecule has 116 valence electrons. The van der Waals surface area contributed by atoms with Crippen molar-refractivity contribution in [2.75, 3.05) is 13.1 Å². The summed E-state index contributed by atoms with van der Waals surface area (Å²) in [6.45, 7) is 0.518. The monoisotopic (exact) mass is 301 g/mol. The van der Waals surface area contributed by atoms with Gasteiger partial charge in [-0.3, -0.25) is 9.69 Å². The van der Waals surface area contributed by atoms with Gasteiger partial charge in [0.25, 0.3) is 0 Å². The van der Waals surface area contributed by atoms with Gasteiger partial charge in [0.2, 0.25) is 0 Å². The van der Waals surface area contributed by atoms with Crippen LogP contribution in [0.25, 0.3) is 0 Å². The Hall–Kier alpha value is -1.56. The van der Waals surface area contributed by atoms with Crippen LogP contribution in [0.4, 0.5) is 13.2 Å². The van der Waals surface area contributed by atoms with Crippen LogP contribution >= 0.6 is 0 Å². The highest BCUT2D eigenvalue weighted by atomic mass is 19.4. The van der Waals surface area contributed by atoms with Crippen LogP contribution < -0.4 is 0 Å². The molecule has 1 aliphatic heterocycles. The number of piperidine rings is 1. The molecule has 1 atom stereocenters. The zero-order chi connectivity index (χ0) is 15.5. The quantitative estimate of drug-likeness (QED) is 0.928. The number of benzene rings is 1. The Morgan fingerprint density at radius 1 is 1.29 bits per heavy atom. The number of carbonyl (C=O) groups is 1. The largest absolute Gasteiger partial charge is 0.480 e. The molecule has 1 saturated heterocycles. The number of hydrogen-bond acceptors (Lipinski definition) is 2. The van der Waals surface area contributed by atoms with Gasteiger partial charge in [-0.2, -0.15) is 13.2 Å². The van der Waals surface area contributed by atoms with Crippen molar-refractivity contribution in [1.82, 2.24) is 4.90 Å². The van der Waals surface area contributed by atoms with Crippen LogP contribution in [0.3, 0.4) is 0 Å². The van der Waals surface area contributed by atoms with Crippen molar-refractivity contribution in [2.45, 2.75) is 37.9 Å². The van der Waals surface area contributed by atoms with Gasteiger partial charge in [0.15, 0.2) is 0 Å². The normalized spacial score (nSPS) is 20.4. The summed E-state index contributed by atoms with van der Waals surface area (Å²) in [5.74, 6) is -0.939. The molecule has 0 aromatic heterocycles. The lowest BCUT2D eigenvalue weighted by atomic mass is 9.93. The van der Waals surface area contributed by atoms with E-state index in [1.165, 1.54) is 12.1 Å². The second-order valence-electron chi connectivity index (χ2n) is 5.37. The summed E-state index contributed by atoms with van der Waals surface area (Å²) in [4.78, 5) is 12.6. The minimum atomic E-state index is -4.37. The number of alkyl halides is 3. The smallest absolute Gasteiger partial charge is 0.416 e. The fraction of sp³-hybridized carbons (Fsp3) is 0.533. The maximum absolute atomic E-state index is 13.0. The lowest BCUT2D eigenvalue weighted by molar-refractivity contribution is -0.140. The van der Waals surface area contributed by atoms with Crippen molar-refractivity contribution in [2.24, 2.45) is 0 Å². The molecule has 6 heteroatoms. The fourth-order valence-corrected chi connectivity index (χ4v) is 2.90. The van der Waals surface area contributed by atoms with Crippen molar-refractivity contribution >= 4 is 5.97 Å². The first-order valence-corrected chi connectivity index (χ1v) is 6.99. The Kier molecular flexibility index (Phi) is 4.88. The van der Waals surface area contributed by atoms with Crippen LogP contribution in [0.2, 0.25) is 0 Å². The molecule has 1 unspecified atom stereocenters. The van der Waals surface area contributed by atoms with Gasteiger partial charge < -0.3 is 5.11 Å². The van der Waals surface area contributed by atoms with Gasteiger partial charge >= 0.3 is 12.1 Å². The predicted molar refractivity (Wildman–Crippen MR) is 72.0 cm³/mol. The second-order valence-corrected chi connectivity index (χ2v) is 5.37. The number of halogens is 3. The van der Waals surface area contributed by atoms with E-state index in [0.717, 1.165) is 25.3 Å². The predicted octanol–water partition coefficient (Wildman–Crippen LogP) is 3.19. The van der Waals surface area contributed by atoms with Gasteiger partial charge in [0.1, 0.15) is 0 Å². The average Bonchev–Trinajstić information content (AvgIpc) is 2.40. The molecule has 0 spiro atoms. The molecule has 0 saturated carbocycles. The molecule has 21 heavy (non-hydrogen) atoms. The summed E-state index contributed by atoms with van der Waals surface area (Å²) in [5.41, 5.74) is -0.377. The van der Waals surface area contributed by atoms with Crippen molar-refractivity contribution in [3.63, 3.8) is 0 Å². The Morgan fingerprint density at radius 2 is 2.00 bits per heavy atom. The number of aliphatic carboxylic acids is 1. The molecule has 1 aromatic rings. The summed E-state index contributed by atoms with van der Waals surface area (Å²) < 4.78 is 39.0. The molecule has 1 fully saturated rings. The highest BCUT2D eigenvalue weighted by Gasteiger charge is 2.34. The number of nitrogens with zero attached hydrogens (tertiary/aromatic N) is 1. The highest BCUT2D eigenvalue weighted by molar-refractivity contribution is 5.69. The van der Waals surface area contributed by atoms with E-state index >= 15 is 0 Å². The molecule has 1 heterocycles. The summed E-state index contributed by atoms with van der Waals surface area (Å²) in [7, 11) is 0. The molecule has 3 nitrogen and oxygen atoms in total. The van der Waals surface area contributed by atoms with Gasteiger partial charge in [0.05, 0.1) is 12.1 Å². The molecular formula is C15H18F3NO2. The van der Waals surface area contributed by atoms with E-state index in [1.54, 1.807) is 11.0 Å². The molecule has 2 rings (SSSR count). The van der Waals surface area contributed by atoms with Crippen LogP contribution in [0.5, 0.6) is 0 Å². The third kappa shape index (κ3) is 4.20. The third-order valence-electron chi connectivity index (χ3n) is 3.87. The van der Waals surface area contributed by atoms with Crippen LogP contribution in [0.15, 0.2) is 24.3 Å². The molecular weight excluding hydrogens is 283 g/mol. The van der Waals surface area contributed by atoms with E-state index in [1.807, 2.05) is 0 Å². The summed E-state index contributed by atoms with van der Waals surface area (Å²) in [5, 5.41) is 8.91. The van der Waals surface area contributed by atoms with Gasteiger partial charge in [0, 0.05) is 6.04 Å². The second kappa shape index (κ2) is 6.47. The Balaban J connectivity index is 2.18. The number of carboxylic acid groups (broad SMARTS) is 1. The fourth-order valence-electron chi connectivity index (χ4n) is 2.90. The van der Waals surface area contributed by atoms with Crippen LogP contribution in [-0.2, 0) is 17.4 Å². The molecule has 0 bridgehead atoms. The van der Waals surface area contributed by atoms with Crippen LogP contribution in [-0.4, -0.2) is 35.1 Å². The third-order valence-corrected chi connectivity index (χ3v) is 3.87. The van der Waals surface area contributed by atoms with Crippen molar-refractivity contribution in [3.8, 4) is 0 Å². The van der Waals surface area contributed by atoms with E-state index in [0.29, 0.717) is 6.54 Å². The van der Waals surface area contributed by atoms with E-state index < -0.39 is 17.7 Å². The average molecular weight is 301 g/mol. The molecule has 1 aliphatic rings. The Labute approximate surface area is 121 Å². The molecule has 1 aromatic carbocycles. The minimum absolute atomic E-state index is 0.112. The molecule has 1 N–H and O–H groups in total. The number of likely N-dealkylation sites (tertiary alicyclic amines) is 1. The first-order chi connectivity index (χ1) is 9.88.